The van der Waals surface area contributed by atoms with E-state index < -0.39 is 26.5 Å². The molecular weight excluding hydrogens is 1100 g/mol. The van der Waals surface area contributed by atoms with Crippen LogP contribution in [0.15, 0.2) is 72.9 Å². The fourth-order valence-electron chi connectivity index (χ4n) is 10.8. The molecule has 0 heterocycles. The van der Waals surface area contributed by atoms with E-state index in [0.717, 1.165) is 70.6 Å². The number of hydrogen-bond acceptors (Lipinski definition) is 7. The fraction of sp³-hybridized carbons (Fsp3) is 0.818. The molecule has 508 valence electrons. The highest BCUT2D eigenvalue weighted by Gasteiger charge is 2.27. The highest BCUT2D eigenvalue weighted by atomic mass is 31.2. The van der Waals surface area contributed by atoms with Crippen molar-refractivity contribution < 1.29 is 42.1 Å². The number of unbranched alkanes of at least 4 members (excludes halogenated alkanes) is 43. The zero-order valence-electron chi connectivity index (χ0n) is 58.0. The van der Waals surface area contributed by atoms with Gasteiger partial charge in [0.2, 0.25) is 0 Å². The van der Waals surface area contributed by atoms with Crippen molar-refractivity contribution in [3.05, 3.63) is 72.9 Å². The number of quaternary nitrogens is 1. The van der Waals surface area contributed by atoms with Crippen LogP contribution < -0.4 is 0 Å². The number of ether oxygens (including phenoxy) is 2. The highest BCUT2D eigenvalue weighted by molar-refractivity contribution is 7.47. The third-order valence-electron chi connectivity index (χ3n) is 16.5. The minimum atomic E-state index is -4.39. The molecule has 0 spiro atoms. The Morgan fingerprint density at radius 3 is 0.977 bits per heavy atom. The summed E-state index contributed by atoms with van der Waals surface area (Å²) in [5.41, 5.74) is 0. The summed E-state index contributed by atoms with van der Waals surface area (Å²) in [7, 11) is 1.49. The molecular formula is C77H143NO8P+. The van der Waals surface area contributed by atoms with E-state index in [4.69, 9.17) is 18.5 Å². The first-order valence-corrected chi connectivity index (χ1v) is 38.7. The lowest BCUT2D eigenvalue weighted by Gasteiger charge is -2.24. The van der Waals surface area contributed by atoms with Gasteiger partial charge in [0.1, 0.15) is 19.8 Å². The van der Waals surface area contributed by atoms with Crippen molar-refractivity contribution in [2.24, 2.45) is 0 Å². The molecule has 0 bridgehead atoms. The van der Waals surface area contributed by atoms with Crippen LogP contribution in [0.2, 0.25) is 0 Å². The molecule has 0 saturated carbocycles. The van der Waals surface area contributed by atoms with Crippen molar-refractivity contribution >= 4 is 19.8 Å². The van der Waals surface area contributed by atoms with Crippen molar-refractivity contribution in [1.82, 2.24) is 0 Å². The molecule has 0 aliphatic rings. The summed E-state index contributed by atoms with van der Waals surface area (Å²) >= 11 is 0. The smallest absolute Gasteiger partial charge is 0.462 e. The van der Waals surface area contributed by atoms with Crippen LogP contribution >= 0.6 is 7.82 Å². The molecule has 0 aliphatic heterocycles. The average molecular weight is 1240 g/mol. The van der Waals surface area contributed by atoms with Crippen LogP contribution in [-0.4, -0.2) is 74.9 Å². The zero-order chi connectivity index (χ0) is 63.4. The third kappa shape index (κ3) is 72.4. The Morgan fingerprint density at radius 2 is 0.655 bits per heavy atom. The summed E-state index contributed by atoms with van der Waals surface area (Å²) in [5.74, 6) is -0.779. The Labute approximate surface area is 539 Å². The Balaban J connectivity index is 3.98. The van der Waals surface area contributed by atoms with E-state index in [-0.39, 0.29) is 25.6 Å². The molecule has 0 radical (unpaired) electrons. The van der Waals surface area contributed by atoms with Gasteiger partial charge in [-0.15, -0.1) is 0 Å². The van der Waals surface area contributed by atoms with Crippen molar-refractivity contribution in [2.75, 3.05) is 47.5 Å². The van der Waals surface area contributed by atoms with Crippen LogP contribution in [0.3, 0.4) is 0 Å². The number of rotatable bonds is 69. The van der Waals surface area contributed by atoms with Gasteiger partial charge in [-0.2, -0.15) is 0 Å². The van der Waals surface area contributed by atoms with Crippen molar-refractivity contribution in [1.29, 1.82) is 0 Å². The Morgan fingerprint density at radius 1 is 0.368 bits per heavy atom. The van der Waals surface area contributed by atoms with Crippen LogP contribution in [-0.2, 0) is 32.7 Å². The van der Waals surface area contributed by atoms with E-state index in [2.05, 4.69) is 86.8 Å². The van der Waals surface area contributed by atoms with Crippen LogP contribution in [0.4, 0.5) is 0 Å². The molecule has 2 unspecified atom stereocenters. The fourth-order valence-corrected chi connectivity index (χ4v) is 11.6. The quantitative estimate of drug-likeness (QED) is 0.0211. The van der Waals surface area contributed by atoms with Gasteiger partial charge in [-0.05, 0) is 64.2 Å². The maximum absolute atomic E-state index is 12.9. The molecule has 0 aromatic rings. The number of hydrogen-bond donors (Lipinski definition) is 1. The predicted molar refractivity (Wildman–Crippen MR) is 376 cm³/mol. The lowest BCUT2D eigenvalue weighted by molar-refractivity contribution is -0.870. The predicted octanol–water partition coefficient (Wildman–Crippen LogP) is 24.3. The number of carbonyl (C=O) groups excluding carboxylic acids is 2. The summed E-state index contributed by atoms with van der Waals surface area (Å²) in [6, 6.07) is 0. The van der Waals surface area contributed by atoms with E-state index in [1.54, 1.807) is 0 Å². The zero-order valence-corrected chi connectivity index (χ0v) is 58.9. The number of phosphoric acid groups is 1. The first-order chi connectivity index (χ1) is 42.5. The molecule has 87 heavy (non-hydrogen) atoms. The lowest BCUT2D eigenvalue weighted by Crippen LogP contribution is -2.37. The molecule has 9 nitrogen and oxygen atoms in total. The van der Waals surface area contributed by atoms with E-state index in [9.17, 15) is 19.0 Å². The van der Waals surface area contributed by atoms with Gasteiger partial charge in [0.05, 0.1) is 27.7 Å². The van der Waals surface area contributed by atoms with Gasteiger partial charge >= 0.3 is 19.8 Å². The molecule has 0 saturated heterocycles. The molecule has 1 N–H and O–H groups in total. The molecule has 0 aliphatic carbocycles. The van der Waals surface area contributed by atoms with Gasteiger partial charge < -0.3 is 18.9 Å². The van der Waals surface area contributed by atoms with E-state index in [0.29, 0.717) is 23.9 Å². The number of likely N-dealkylation sites (N-methyl/N-ethyl adjacent to an activating group) is 1. The second-order valence-electron chi connectivity index (χ2n) is 26.3. The Bertz CT molecular complexity index is 1700. The highest BCUT2D eigenvalue weighted by Crippen LogP contribution is 2.43. The average Bonchev–Trinajstić information content (AvgIpc) is 3.67. The topological polar surface area (TPSA) is 108 Å². The molecule has 0 aromatic carbocycles. The van der Waals surface area contributed by atoms with E-state index in [1.807, 2.05) is 21.1 Å². The summed E-state index contributed by atoms with van der Waals surface area (Å²) in [6.07, 6.45) is 91.7. The Kier molecular flexibility index (Phi) is 65.8. The molecule has 0 aromatic heterocycles. The number of phosphoric ester groups is 1. The SMILES string of the molecule is CC/C=C\C/C=C\C/C=C\C/C=C\C/C=C\C/C=C\CCCCCCCCCCCCCCCCCCC(=O)OC(COC(=O)CCCCCCCCCCCCCCCCCCCCCCCCCCCCCC)COP(=O)(O)OCC[N+](C)(C)C. The first kappa shape index (κ1) is 84.5. The van der Waals surface area contributed by atoms with Gasteiger partial charge in [0.15, 0.2) is 6.10 Å². The van der Waals surface area contributed by atoms with Crippen LogP contribution in [0.1, 0.15) is 354 Å². The number of allylic oxidation sites excluding steroid dienone is 12. The third-order valence-corrected chi connectivity index (χ3v) is 17.5. The maximum Gasteiger partial charge on any atom is 0.472 e. The standard InChI is InChI=1S/C77H142NO8P/c1-6-8-10-12-14-16-18-20-22-24-26-28-30-32-34-36-37-38-39-40-41-42-44-46-48-50-52-54-56-58-60-62-64-66-68-70-77(80)86-75(74-85-87(81,82)84-72-71-78(3,4)5)73-83-76(79)69-67-65-63-61-59-57-55-53-51-49-47-45-43-35-33-31-29-27-25-23-21-19-17-15-13-11-9-7-2/h8,10,14,16,20,22,26,28,32,34,37-38,75H,6-7,9,11-13,15,17-19,21,23-25,27,29-31,33,35-36,39-74H2,1-5H3/p+1/b10-8-,16-14-,22-20-,28-26-,34-32-,38-37-. The molecule has 10 heteroatoms. The van der Waals surface area contributed by atoms with Crippen molar-refractivity contribution in [2.45, 2.75) is 360 Å². The second kappa shape index (κ2) is 67.8. The molecule has 2 atom stereocenters. The van der Waals surface area contributed by atoms with Crippen LogP contribution in [0.5, 0.6) is 0 Å². The van der Waals surface area contributed by atoms with Gasteiger partial charge in [-0.1, -0.05) is 350 Å². The summed E-state index contributed by atoms with van der Waals surface area (Å²) < 4.78 is 34.8. The lowest BCUT2D eigenvalue weighted by atomic mass is 10.0. The minimum absolute atomic E-state index is 0.0326. The van der Waals surface area contributed by atoms with Gasteiger partial charge in [-0.3, -0.25) is 18.6 Å². The van der Waals surface area contributed by atoms with E-state index >= 15 is 0 Å². The van der Waals surface area contributed by atoms with Crippen molar-refractivity contribution in [3.63, 3.8) is 0 Å². The molecule has 0 amide bonds. The first-order valence-electron chi connectivity index (χ1n) is 37.2. The molecule has 0 rings (SSSR count). The number of nitrogens with zero attached hydrogens (tertiary/aromatic N) is 1. The van der Waals surface area contributed by atoms with Gasteiger partial charge in [0, 0.05) is 12.8 Å². The summed E-state index contributed by atoms with van der Waals surface area (Å²) in [5, 5.41) is 0. The van der Waals surface area contributed by atoms with Crippen LogP contribution in [0, 0.1) is 0 Å². The number of esters is 2. The largest absolute Gasteiger partial charge is 0.472 e. The van der Waals surface area contributed by atoms with Crippen LogP contribution in [0.25, 0.3) is 0 Å². The van der Waals surface area contributed by atoms with Gasteiger partial charge in [-0.25, -0.2) is 4.57 Å². The van der Waals surface area contributed by atoms with Gasteiger partial charge in [0.25, 0.3) is 0 Å². The normalized spacial score (nSPS) is 13.5. The maximum atomic E-state index is 12.9. The second-order valence-corrected chi connectivity index (χ2v) is 27.8. The van der Waals surface area contributed by atoms with Crippen molar-refractivity contribution in [3.8, 4) is 0 Å². The monoisotopic (exact) mass is 1240 g/mol. The minimum Gasteiger partial charge on any atom is -0.462 e. The summed E-state index contributed by atoms with van der Waals surface area (Å²) in [4.78, 5) is 35.9. The Hall–Kier alpha value is -2.55. The molecule has 0 fully saturated rings. The summed E-state index contributed by atoms with van der Waals surface area (Å²) in [6.45, 7) is 4.38. The number of carbonyl (C=O) groups is 2. The van der Waals surface area contributed by atoms with E-state index in [1.165, 1.54) is 250 Å².